The summed E-state index contributed by atoms with van der Waals surface area (Å²) >= 11 is 0. The van der Waals surface area contributed by atoms with Gasteiger partial charge >= 0.3 is 18.6 Å². The van der Waals surface area contributed by atoms with Gasteiger partial charge in [0, 0.05) is 0 Å². The van der Waals surface area contributed by atoms with E-state index in [1.165, 1.54) is 5.56 Å². The Morgan fingerprint density at radius 2 is 1.50 bits per heavy atom. The predicted octanol–water partition coefficient (Wildman–Crippen LogP) is -6.73. The molecule has 0 aliphatic carbocycles. The van der Waals surface area contributed by atoms with Gasteiger partial charge in [-0.2, -0.15) is 16.8 Å². The molecule has 14 heavy (non-hydrogen) atoms. The van der Waals surface area contributed by atoms with E-state index in [0.717, 1.165) is 0 Å². The quantitative estimate of drug-likeness (QED) is 0.357. The summed E-state index contributed by atoms with van der Waals surface area (Å²) in [6.07, 6.45) is 0. The van der Waals surface area contributed by atoms with Gasteiger partial charge in [-0.05, 0) is 0 Å². The van der Waals surface area contributed by atoms with Crippen molar-refractivity contribution in [3.8, 4) is 0 Å². The summed E-state index contributed by atoms with van der Waals surface area (Å²) in [6.45, 7) is 9.35. The molecule has 0 bridgehead atoms. The Kier molecular flexibility index (Phi) is 16.1. The third kappa shape index (κ3) is 6.49. The number of halogens is 3. The first-order valence-corrected chi connectivity index (χ1v) is 7.24. The van der Waals surface area contributed by atoms with Gasteiger partial charge in [0.1, 0.15) is 0 Å². The fraction of sp³-hybridized carbons (Fsp3) is 0.444. The molecule has 0 aliphatic rings. The van der Waals surface area contributed by atoms with Crippen LogP contribution in [0.1, 0.15) is 5.56 Å². The normalized spacial score (nSPS) is 8.57. The van der Waals surface area contributed by atoms with Crippen LogP contribution in [0.25, 0.3) is 0 Å². The molecule has 0 saturated heterocycles. The first-order valence-electron chi connectivity index (χ1n) is 3.74. The van der Waals surface area contributed by atoms with Crippen LogP contribution in [-0.2, 0) is 18.6 Å². The third-order valence-corrected chi connectivity index (χ3v) is 4.02. The average molecular weight is 309 g/mol. The fourth-order valence-corrected chi connectivity index (χ4v) is 3.21. The van der Waals surface area contributed by atoms with Crippen molar-refractivity contribution < 1.29 is 55.8 Å². The molecule has 1 radical (unpaired) electrons. The standard InChI is InChI=1S/C9H15Si.3ClH.V/c1-8-6-5-7-9(8)10(2,3)4;;;;/h5-7H,1-4H3;3*1H;/q-1;;;;+4/p-3. The summed E-state index contributed by atoms with van der Waals surface area (Å²) in [4.78, 5) is 0. The molecule has 1 aromatic carbocycles. The van der Waals surface area contributed by atoms with Crippen molar-refractivity contribution >= 4 is 13.3 Å². The van der Waals surface area contributed by atoms with Crippen molar-refractivity contribution in [2.24, 2.45) is 0 Å². The van der Waals surface area contributed by atoms with Gasteiger partial charge in [0.05, 0.1) is 8.07 Å². The summed E-state index contributed by atoms with van der Waals surface area (Å²) in [7, 11) is -1.03. The summed E-state index contributed by atoms with van der Waals surface area (Å²) in [6, 6.07) is 6.62. The second-order valence-corrected chi connectivity index (χ2v) is 8.91. The van der Waals surface area contributed by atoms with E-state index in [9.17, 15) is 0 Å². The zero-order valence-electron chi connectivity index (χ0n) is 8.81. The Morgan fingerprint density at radius 1 is 1.07 bits per heavy atom. The van der Waals surface area contributed by atoms with Crippen LogP contribution in [0, 0.1) is 6.92 Å². The minimum absolute atomic E-state index is 0. The van der Waals surface area contributed by atoms with Crippen molar-refractivity contribution in [3.05, 3.63) is 23.8 Å². The molecule has 0 atom stereocenters. The Balaban J connectivity index is -0.000000125. The maximum Gasteiger partial charge on any atom is 4.00 e. The van der Waals surface area contributed by atoms with Gasteiger partial charge in [0.25, 0.3) is 0 Å². The molecule has 0 unspecified atom stereocenters. The van der Waals surface area contributed by atoms with Gasteiger partial charge in [-0.1, -0.05) is 26.6 Å². The van der Waals surface area contributed by atoms with Crippen molar-refractivity contribution in [2.45, 2.75) is 26.6 Å². The van der Waals surface area contributed by atoms with Crippen molar-refractivity contribution in [1.82, 2.24) is 0 Å². The Hall–Kier alpha value is 1.02. The largest absolute Gasteiger partial charge is 4.00 e. The summed E-state index contributed by atoms with van der Waals surface area (Å²) in [5, 5.41) is 1.60. The first-order chi connectivity index (χ1) is 4.52. The summed E-state index contributed by atoms with van der Waals surface area (Å²) in [5.74, 6) is 0. The molecule has 0 fully saturated rings. The molecule has 0 nitrogen and oxygen atoms in total. The van der Waals surface area contributed by atoms with Gasteiger partial charge in [-0.25, -0.2) is 12.1 Å². The Morgan fingerprint density at radius 3 is 1.64 bits per heavy atom. The fourth-order valence-electron chi connectivity index (χ4n) is 1.35. The van der Waals surface area contributed by atoms with Crippen LogP contribution >= 0.6 is 0 Å². The molecule has 0 aliphatic heterocycles. The molecule has 0 heterocycles. The van der Waals surface area contributed by atoms with Crippen molar-refractivity contribution in [3.63, 3.8) is 0 Å². The number of rotatable bonds is 1. The van der Waals surface area contributed by atoms with Gasteiger partial charge in [0.2, 0.25) is 0 Å². The van der Waals surface area contributed by atoms with Crippen molar-refractivity contribution in [1.29, 1.82) is 0 Å². The molecular weight excluding hydrogens is 293 g/mol. The van der Waals surface area contributed by atoms with Gasteiger partial charge in [-0.15, -0.1) is 0 Å². The molecule has 0 aromatic heterocycles. The molecule has 0 spiro atoms. The van der Waals surface area contributed by atoms with E-state index < -0.39 is 8.07 Å². The van der Waals surface area contributed by atoms with Crippen LogP contribution in [0.3, 0.4) is 0 Å². The zero-order chi connectivity index (χ0) is 7.78. The second-order valence-electron chi connectivity index (χ2n) is 3.87. The summed E-state index contributed by atoms with van der Waals surface area (Å²) < 4.78 is 0. The molecule has 1 rings (SSSR count). The molecular formula is C9H15Cl3SiV. The number of aryl methyl sites for hydroxylation is 1. The number of hydrogen-bond donors (Lipinski definition) is 0. The number of hydrogen-bond acceptors (Lipinski definition) is 0. The van der Waals surface area contributed by atoms with Crippen molar-refractivity contribution in [2.75, 3.05) is 0 Å². The van der Waals surface area contributed by atoms with E-state index in [0.29, 0.717) is 0 Å². The average Bonchev–Trinajstić information content (AvgIpc) is 2.11. The van der Waals surface area contributed by atoms with Crippen LogP contribution < -0.4 is 42.4 Å². The molecule has 0 amide bonds. The van der Waals surface area contributed by atoms with E-state index in [4.69, 9.17) is 0 Å². The monoisotopic (exact) mass is 307 g/mol. The van der Waals surface area contributed by atoms with Gasteiger partial charge in [-0.3, -0.25) is 0 Å². The first kappa shape index (κ1) is 24.3. The van der Waals surface area contributed by atoms with Crippen LogP contribution in [0.5, 0.6) is 0 Å². The molecule has 81 valence electrons. The smallest absolute Gasteiger partial charge is 1.00 e. The van der Waals surface area contributed by atoms with Gasteiger partial charge in [0.15, 0.2) is 0 Å². The SMILES string of the molecule is C[c-]1cccc1[Si](C)(C)C.[Cl-].[Cl-].[Cl-].[V+4]. The minimum Gasteiger partial charge on any atom is -1.00 e. The molecule has 0 N–H and O–H groups in total. The summed E-state index contributed by atoms with van der Waals surface area (Å²) in [5.41, 5.74) is 1.47. The van der Waals surface area contributed by atoms with E-state index in [-0.39, 0.29) is 55.8 Å². The molecule has 1 aromatic rings. The molecule has 0 saturated carbocycles. The topological polar surface area (TPSA) is 0 Å². The Labute approximate surface area is 119 Å². The van der Waals surface area contributed by atoms with Crippen LogP contribution in [0.15, 0.2) is 18.2 Å². The zero-order valence-corrected chi connectivity index (χ0v) is 13.5. The maximum absolute atomic E-state index is 2.38. The third-order valence-electron chi connectivity index (χ3n) is 1.84. The van der Waals surface area contributed by atoms with Crippen LogP contribution in [0.4, 0.5) is 0 Å². The van der Waals surface area contributed by atoms with E-state index >= 15 is 0 Å². The minimum atomic E-state index is -1.03. The van der Waals surface area contributed by atoms with E-state index in [1.54, 1.807) is 5.19 Å². The Bertz CT molecular complexity index is 230. The van der Waals surface area contributed by atoms with Gasteiger partial charge < -0.3 is 37.2 Å². The molecule has 5 heteroatoms. The predicted molar refractivity (Wildman–Crippen MR) is 49.8 cm³/mol. The van der Waals surface area contributed by atoms with E-state index in [1.807, 2.05) is 0 Å². The van der Waals surface area contributed by atoms with Crippen LogP contribution in [-0.4, -0.2) is 8.07 Å². The van der Waals surface area contributed by atoms with E-state index in [2.05, 4.69) is 44.8 Å². The second kappa shape index (κ2) is 9.26. The maximum atomic E-state index is 2.38. The van der Waals surface area contributed by atoms with Crippen LogP contribution in [0.2, 0.25) is 19.6 Å².